The van der Waals surface area contributed by atoms with E-state index in [2.05, 4.69) is 27.0 Å². The Morgan fingerprint density at radius 1 is 1.00 bits per heavy atom. The Labute approximate surface area is 161 Å². The molecular weight excluding hydrogens is 361 g/mol. The maximum absolute atomic E-state index is 13.3. The molecule has 6 heteroatoms. The highest BCUT2D eigenvalue weighted by Gasteiger charge is 2.44. The maximum Gasteiger partial charge on any atom is 0.271 e. The van der Waals surface area contributed by atoms with Crippen LogP contribution in [0.5, 0.6) is 0 Å². The Morgan fingerprint density at radius 2 is 1.81 bits per heavy atom. The number of hydrogen-bond acceptors (Lipinski definition) is 3. The Hall–Kier alpha value is -2.44. The highest BCUT2D eigenvalue weighted by atomic mass is 32.1. The van der Waals surface area contributed by atoms with E-state index in [1.807, 2.05) is 23.2 Å². The molecule has 0 unspecified atom stereocenters. The van der Waals surface area contributed by atoms with Gasteiger partial charge in [0.25, 0.3) is 5.91 Å². The Morgan fingerprint density at radius 3 is 2.59 bits per heavy atom. The molecule has 1 amide bonds. The highest BCUT2D eigenvalue weighted by Crippen LogP contribution is 2.35. The average molecular weight is 381 g/mol. The van der Waals surface area contributed by atoms with Crippen molar-refractivity contribution in [1.29, 1.82) is 0 Å². The normalized spacial score (nSPS) is 22.1. The standard InChI is InChI=1S/C21H20FN3OS/c22-16-7-5-15(6-8-16)11-25-20-14-23(12-17-3-2-10-27-17)13-19(20)24-9-1-4-18(24)21(25)26/h1-10,19-20H,11-14H2/t19-,20-/m0/s1. The van der Waals surface area contributed by atoms with Crippen LogP contribution in [-0.4, -0.2) is 39.4 Å². The Balaban J connectivity index is 1.44. The van der Waals surface area contributed by atoms with Crippen LogP contribution in [0.2, 0.25) is 0 Å². The van der Waals surface area contributed by atoms with Crippen molar-refractivity contribution >= 4 is 17.2 Å². The van der Waals surface area contributed by atoms with Gasteiger partial charge in [-0.3, -0.25) is 9.69 Å². The van der Waals surface area contributed by atoms with Crippen LogP contribution in [0, 0.1) is 5.82 Å². The third kappa shape index (κ3) is 2.99. The van der Waals surface area contributed by atoms with E-state index in [1.54, 1.807) is 23.5 Å². The summed E-state index contributed by atoms with van der Waals surface area (Å²) in [5.41, 5.74) is 1.71. The van der Waals surface area contributed by atoms with E-state index in [1.165, 1.54) is 17.0 Å². The summed E-state index contributed by atoms with van der Waals surface area (Å²) in [6, 6.07) is 14.9. The number of thiophene rings is 1. The summed E-state index contributed by atoms with van der Waals surface area (Å²) in [6.45, 7) is 3.21. The molecule has 138 valence electrons. The fraction of sp³-hybridized carbons (Fsp3) is 0.286. The third-order valence-electron chi connectivity index (χ3n) is 5.58. The minimum absolute atomic E-state index is 0.0588. The number of likely N-dealkylation sites (tertiary alicyclic amines) is 1. The molecule has 0 spiro atoms. The molecule has 1 fully saturated rings. The Bertz CT molecular complexity index is 950. The van der Waals surface area contributed by atoms with Crippen LogP contribution in [-0.2, 0) is 13.1 Å². The first kappa shape index (κ1) is 16.7. The van der Waals surface area contributed by atoms with Crippen molar-refractivity contribution in [1.82, 2.24) is 14.4 Å². The van der Waals surface area contributed by atoms with Gasteiger partial charge < -0.3 is 9.47 Å². The summed E-state index contributed by atoms with van der Waals surface area (Å²) in [5, 5.41) is 2.10. The van der Waals surface area contributed by atoms with E-state index in [9.17, 15) is 9.18 Å². The number of benzene rings is 1. The summed E-state index contributed by atoms with van der Waals surface area (Å²) in [4.78, 5) is 18.9. The monoisotopic (exact) mass is 381 g/mol. The highest BCUT2D eigenvalue weighted by molar-refractivity contribution is 7.09. The smallest absolute Gasteiger partial charge is 0.271 e. The van der Waals surface area contributed by atoms with Crippen LogP contribution in [0.25, 0.3) is 0 Å². The van der Waals surface area contributed by atoms with Crippen LogP contribution >= 0.6 is 11.3 Å². The molecule has 27 heavy (non-hydrogen) atoms. The van der Waals surface area contributed by atoms with Crippen LogP contribution in [0.15, 0.2) is 60.1 Å². The lowest BCUT2D eigenvalue weighted by atomic mass is 10.0. The third-order valence-corrected chi connectivity index (χ3v) is 6.44. The predicted molar refractivity (Wildman–Crippen MR) is 103 cm³/mol. The first-order valence-electron chi connectivity index (χ1n) is 9.16. The number of fused-ring (bicyclic) bond motifs is 3. The molecule has 4 nitrogen and oxygen atoms in total. The topological polar surface area (TPSA) is 28.5 Å². The number of carbonyl (C=O) groups excluding carboxylic acids is 1. The zero-order chi connectivity index (χ0) is 18.4. The van der Waals surface area contributed by atoms with Crippen molar-refractivity contribution < 1.29 is 9.18 Å². The minimum atomic E-state index is -0.251. The maximum atomic E-state index is 13.3. The zero-order valence-electron chi connectivity index (χ0n) is 14.8. The second-order valence-electron chi connectivity index (χ2n) is 7.27. The van der Waals surface area contributed by atoms with Crippen molar-refractivity contribution in [2.45, 2.75) is 25.2 Å². The minimum Gasteiger partial charge on any atom is -0.337 e. The first-order chi connectivity index (χ1) is 13.2. The molecule has 0 radical (unpaired) electrons. The predicted octanol–water partition coefficient (Wildman–Crippen LogP) is 3.77. The Kier molecular flexibility index (Phi) is 4.10. The van der Waals surface area contributed by atoms with Gasteiger partial charge >= 0.3 is 0 Å². The number of nitrogens with zero attached hydrogens (tertiary/aromatic N) is 3. The van der Waals surface area contributed by atoms with Gasteiger partial charge in [-0.1, -0.05) is 18.2 Å². The molecule has 0 aliphatic carbocycles. The summed E-state index contributed by atoms with van der Waals surface area (Å²) >= 11 is 1.77. The number of hydrogen-bond donors (Lipinski definition) is 0. The molecule has 2 aliphatic rings. The van der Waals surface area contributed by atoms with Gasteiger partial charge in [-0.05, 0) is 41.3 Å². The molecule has 2 atom stereocenters. The lowest BCUT2D eigenvalue weighted by Crippen LogP contribution is -2.49. The molecule has 0 N–H and O–H groups in total. The number of halogens is 1. The number of rotatable bonds is 4. The lowest BCUT2D eigenvalue weighted by Gasteiger charge is -2.38. The van der Waals surface area contributed by atoms with E-state index in [4.69, 9.17) is 0 Å². The molecule has 0 saturated carbocycles. The van der Waals surface area contributed by atoms with Gasteiger partial charge in [0, 0.05) is 37.3 Å². The van der Waals surface area contributed by atoms with Gasteiger partial charge in [0.05, 0.1) is 12.1 Å². The van der Waals surface area contributed by atoms with Gasteiger partial charge in [0.15, 0.2) is 0 Å². The fourth-order valence-corrected chi connectivity index (χ4v) is 5.06. The molecule has 0 bridgehead atoms. The molecular formula is C21H20FN3OS. The van der Waals surface area contributed by atoms with E-state index in [-0.39, 0.29) is 23.8 Å². The summed E-state index contributed by atoms with van der Waals surface area (Å²) in [7, 11) is 0. The second-order valence-corrected chi connectivity index (χ2v) is 8.30. The quantitative estimate of drug-likeness (QED) is 0.688. The average Bonchev–Trinajstić information content (AvgIpc) is 3.40. The molecule has 5 rings (SSSR count). The zero-order valence-corrected chi connectivity index (χ0v) is 15.6. The van der Waals surface area contributed by atoms with Crippen LogP contribution in [0.3, 0.4) is 0 Å². The molecule has 2 aliphatic heterocycles. The SMILES string of the molecule is O=C1c2cccn2[C@H]2CN(Cc3cccs3)C[C@@H]2N1Cc1ccc(F)cc1. The lowest BCUT2D eigenvalue weighted by molar-refractivity contribution is 0.0556. The van der Waals surface area contributed by atoms with E-state index in [0.29, 0.717) is 6.54 Å². The molecule has 2 aromatic heterocycles. The summed E-state index contributed by atoms with van der Waals surface area (Å²) < 4.78 is 15.4. The molecule has 1 saturated heterocycles. The fourth-order valence-electron chi connectivity index (χ4n) is 4.32. The van der Waals surface area contributed by atoms with Gasteiger partial charge in [-0.15, -0.1) is 11.3 Å². The van der Waals surface area contributed by atoms with Crippen molar-refractivity contribution in [3.05, 3.63) is 82.1 Å². The van der Waals surface area contributed by atoms with Crippen molar-refractivity contribution in [3.63, 3.8) is 0 Å². The molecule has 4 heterocycles. The van der Waals surface area contributed by atoms with Crippen LogP contribution in [0.4, 0.5) is 4.39 Å². The van der Waals surface area contributed by atoms with Gasteiger partial charge in [-0.25, -0.2) is 4.39 Å². The van der Waals surface area contributed by atoms with E-state index < -0.39 is 0 Å². The second kappa shape index (κ2) is 6.62. The van der Waals surface area contributed by atoms with Crippen molar-refractivity contribution in [3.8, 4) is 0 Å². The van der Waals surface area contributed by atoms with Crippen LogP contribution < -0.4 is 0 Å². The van der Waals surface area contributed by atoms with Gasteiger partial charge in [0.1, 0.15) is 11.5 Å². The first-order valence-corrected chi connectivity index (χ1v) is 10.0. The summed E-state index contributed by atoms with van der Waals surface area (Å²) in [5.74, 6) is -0.193. The number of amides is 1. The molecule has 3 aromatic rings. The molecule has 1 aromatic carbocycles. The van der Waals surface area contributed by atoms with E-state index in [0.717, 1.165) is 30.9 Å². The number of aromatic nitrogens is 1. The number of carbonyl (C=O) groups is 1. The van der Waals surface area contributed by atoms with Crippen molar-refractivity contribution in [2.24, 2.45) is 0 Å². The van der Waals surface area contributed by atoms with Crippen molar-refractivity contribution in [2.75, 3.05) is 13.1 Å². The van der Waals surface area contributed by atoms with Gasteiger partial charge in [-0.2, -0.15) is 0 Å². The van der Waals surface area contributed by atoms with Crippen LogP contribution in [0.1, 0.15) is 27.0 Å². The largest absolute Gasteiger partial charge is 0.337 e. The summed E-state index contributed by atoms with van der Waals surface area (Å²) in [6.07, 6.45) is 2.02. The van der Waals surface area contributed by atoms with E-state index >= 15 is 0 Å². The van der Waals surface area contributed by atoms with Gasteiger partial charge in [0.2, 0.25) is 0 Å².